The molecule has 0 spiro atoms. The highest BCUT2D eigenvalue weighted by atomic mass is 16.5. The summed E-state index contributed by atoms with van der Waals surface area (Å²) in [6, 6.07) is 9.89. The van der Waals surface area contributed by atoms with Crippen molar-refractivity contribution in [1.29, 1.82) is 0 Å². The molecule has 1 amide bonds. The first-order valence-electron chi connectivity index (χ1n) is 9.31. The van der Waals surface area contributed by atoms with E-state index in [0.29, 0.717) is 23.0 Å². The third-order valence-electron chi connectivity index (χ3n) is 5.00. The molecule has 1 aliphatic heterocycles. The van der Waals surface area contributed by atoms with Crippen molar-refractivity contribution < 1.29 is 9.53 Å². The number of aryl methyl sites for hydroxylation is 1. The second-order valence-electron chi connectivity index (χ2n) is 6.81. The average Bonchev–Trinajstić information content (AvgIpc) is 2.68. The summed E-state index contributed by atoms with van der Waals surface area (Å²) in [7, 11) is 1.60. The van der Waals surface area contributed by atoms with Gasteiger partial charge in [0.2, 0.25) is 0 Å². The summed E-state index contributed by atoms with van der Waals surface area (Å²) < 4.78 is 5.35. The Balaban J connectivity index is 1.81. The Morgan fingerprint density at radius 2 is 2.15 bits per heavy atom. The zero-order chi connectivity index (χ0) is 18.5. The van der Waals surface area contributed by atoms with E-state index in [9.17, 15) is 4.79 Å². The van der Waals surface area contributed by atoms with E-state index in [1.54, 1.807) is 19.4 Å². The second-order valence-corrected chi connectivity index (χ2v) is 6.81. The molecule has 1 aliphatic rings. The number of hydrogen-bond acceptors (Lipinski definition) is 4. The van der Waals surface area contributed by atoms with Crippen LogP contribution in [-0.4, -0.2) is 30.6 Å². The first-order valence-corrected chi connectivity index (χ1v) is 9.31. The number of pyridine rings is 1. The molecule has 138 valence electrons. The van der Waals surface area contributed by atoms with Crippen molar-refractivity contribution in [3.63, 3.8) is 0 Å². The zero-order valence-electron chi connectivity index (χ0n) is 15.8. The van der Waals surface area contributed by atoms with Gasteiger partial charge in [-0.1, -0.05) is 13.0 Å². The molecule has 0 aliphatic carbocycles. The number of carbonyl (C=O) groups is 1. The molecule has 0 radical (unpaired) electrons. The summed E-state index contributed by atoms with van der Waals surface area (Å²) in [6.07, 6.45) is 6.45. The highest BCUT2D eigenvalue weighted by Crippen LogP contribution is 2.27. The van der Waals surface area contributed by atoms with Crippen molar-refractivity contribution in [3.05, 3.63) is 47.7 Å². The number of nitrogens with zero attached hydrogens (tertiary/aromatic N) is 2. The summed E-state index contributed by atoms with van der Waals surface area (Å²) in [5.41, 5.74) is 2.36. The first-order chi connectivity index (χ1) is 12.6. The normalized spacial score (nSPS) is 17.0. The maximum Gasteiger partial charge on any atom is 0.255 e. The standard InChI is InChI=1S/C21H27N3O2/c1-4-17-7-5-6-12-24(17)20-14-16(10-11-22-20)21(25)23-18-13-15(2)8-9-19(18)26-3/h8-11,13-14,17H,4-7,12H2,1-3H3,(H,23,25). The van der Waals surface area contributed by atoms with Crippen LogP contribution < -0.4 is 15.0 Å². The van der Waals surface area contributed by atoms with Gasteiger partial charge in [0.1, 0.15) is 11.6 Å². The van der Waals surface area contributed by atoms with Crippen LogP contribution in [0.25, 0.3) is 0 Å². The highest BCUT2D eigenvalue weighted by molar-refractivity contribution is 6.05. The molecular formula is C21H27N3O2. The number of rotatable bonds is 5. The van der Waals surface area contributed by atoms with E-state index in [2.05, 4.69) is 22.1 Å². The van der Waals surface area contributed by atoms with Crippen molar-refractivity contribution in [2.75, 3.05) is 23.9 Å². The molecule has 0 saturated carbocycles. The molecule has 0 bridgehead atoms. The van der Waals surface area contributed by atoms with E-state index in [1.165, 1.54) is 19.3 Å². The number of ether oxygens (including phenoxy) is 1. The van der Waals surface area contributed by atoms with Crippen LogP contribution in [0.4, 0.5) is 11.5 Å². The van der Waals surface area contributed by atoms with E-state index in [1.807, 2.05) is 31.2 Å². The summed E-state index contributed by atoms with van der Waals surface area (Å²) >= 11 is 0. The summed E-state index contributed by atoms with van der Waals surface area (Å²) in [6.45, 7) is 5.20. The van der Waals surface area contributed by atoms with Crippen LogP contribution in [0.2, 0.25) is 0 Å². The lowest BCUT2D eigenvalue weighted by Crippen LogP contribution is -2.39. The van der Waals surface area contributed by atoms with E-state index >= 15 is 0 Å². The van der Waals surface area contributed by atoms with Crippen LogP contribution in [0.1, 0.15) is 48.5 Å². The molecule has 1 fully saturated rings. The van der Waals surface area contributed by atoms with Gasteiger partial charge in [-0.25, -0.2) is 4.98 Å². The topological polar surface area (TPSA) is 54.5 Å². The number of nitrogens with one attached hydrogen (secondary N) is 1. The molecule has 3 rings (SSSR count). The number of benzene rings is 1. The second kappa shape index (κ2) is 8.21. The molecule has 2 aromatic rings. The predicted octanol–water partition coefficient (Wildman–Crippen LogP) is 4.42. The number of piperidine rings is 1. The van der Waals surface area contributed by atoms with Crippen LogP contribution in [0.15, 0.2) is 36.5 Å². The number of methoxy groups -OCH3 is 1. The van der Waals surface area contributed by atoms with Crippen LogP contribution in [0.5, 0.6) is 5.75 Å². The molecular weight excluding hydrogens is 326 g/mol. The van der Waals surface area contributed by atoms with Crippen LogP contribution in [0, 0.1) is 6.92 Å². The van der Waals surface area contributed by atoms with Crippen LogP contribution in [-0.2, 0) is 0 Å². The number of hydrogen-bond donors (Lipinski definition) is 1. The lowest BCUT2D eigenvalue weighted by atomic mass is 10.00. The van der Waals surface area contributed by atoms with E-state index in [-0.39, 0.29) is 5.91 Å². The van der Waals surface area contributed by atoms with Crippen LogP contribution in [0.3, 0.4) is 0 Å². The number of aromatic nitrogens is 1. The van der Waals surface area contributed by atoms with Crippen molar-refractivity contribution in [3.8, 4) is 5.75 Å². The van der Waals surface area contributed by atoms with Gasteiger partial charge in [0.25, 0.3) is 5.91 Å². The average molecular weight is 353 g/mol. The van der Waals surface area contributed by atoms with Gasteiger partial charge < -0.3 is 15.0 Å². The Morgan fingerprint density at radius 1 is 1.31 bits per heavy atom. The fourth-order valence-electron chi connectivity index (χ4n) is 3.56. The summed E-state index contributed by atoms with van der Waals surface area (Å²) in [5.74, 6) is 1.39. The number of anilines is 2. The van der Waals surface area contributed by atoms with E-state index in [0.717, 1.165) is 24.3 Å². The lowest BCUT2D eigenvalue weighted by molar-refractivity contribution is 0.102. The van der Waals surface area contributed by atoms with Crippen molar-refractivity contribution in [1.82, 2.24) is 4.98 Å². The zero-order valence-corrected chi connectivity index (χ0v) is 15.8. The van der Waals surface area contributed by atoms with Gasteiger partial charge in [0.05, 0.1) is 12.8 Å². The maximum atomic E-state index is 12.8. The lowest BCUT2D eigenvalue weighted by Gasteiger charge is -2.36. The Kier molecular flexibility index (Phi) is 5.76. The fraction of sp³-hybridized carbons (Fsp3) is 0.429. The minimum absolute atomic E-state index is 0.150. The third kappa shape index (κ3) is 3.98. The Hall–Kier alpha value is -2.56. The molecule has 26 heavy (non-hydrogen) atoms. The molecule has 1 N–H and O–H groups in total. The summed E-state index contributed by atoms with van der Waals surface area (Å²) in [4.78, 5) is 19.6. The van der Waals surface area contributed by atoms with E-state index < -0.39 is 0 Å². The van der Waals surface area contributed by atoms with Gasteiger partial charge in [-0.15, -0.1) is 0 Å². The number of carbonyl (C=O) groups excluding carboxylic acids is 1. The highest BCUT2D eigenvalue weighted by Gasteiger charge is 2.22. The molecule has 1 atom stereocenters. The monoisotopic (exact) mass is 353 g/mol. The molecule has 5 nitrogen and oxygen atoms in total. The Morgan fingerprint density at radius 3 is 2.92 bits per heavy atom. The van der Waals surface area contributed by atoms with Crippen LogP contribution >= 0.6 is 0 Å². The molecule has 1 saturated heterocycles. The first kappa shape index (κ1) is 18.2. The van der Waals surface area contributed by atoms with E-state index in [4.69, 9.17) is 4.74 Å². The molecule has 5 heteroatoms. The van der Waals surface area contributed by atoms with Gasteiger partial charge in [-0.2, -0.15) is 0 Å². The SMILES string of the molecule is CCC1CCCCN1c1cc(C(=O)Nc2cc(C)ccc2OC)ccn1. The minimum Gasteiger partial charge on any atom is -0.495 e. The van der Waals surface area contributed by atoms with Crippen molar-refractivity contribution in [2.45, 2.75) is 45.6 Å². The molecule has 1 aromatic heterocycles. The van der Waals surface area contributed by atoms with Crippen molar-refractivity contribution in [2.24, 2.45) is 0 Å². The predicted molar refractivity (Wildman–Crippen MR) is 105 cm³/mol. The smallest absolute Gasteiger partial charge is 0.255 e. The Bertz CT molecular complexity index is 776. The molecule has 2 heterocycles. The van der Waals surface area contributed by atoms with Gasteiger partial charge >= 0.3 is 0 Å². The van der Waals surface area contributed by atoms with Crippen molar-refractivity contribution >= 4 is 17.4 Å². The van der Waals surface area contributed by atoms with Gasteiger partial charge in [0, 0.05) is 24.3 Å². The minimum atomic E-state index is -0.150. The quantitative estimate of drug-likeness (QED) is 0.864. The fourth-order valence-corrected chi connectivity index (χ4v) is 3.56. The Labute approximate surface area is 155 Å². The molecule has 1 aromatic carbocycles. The summed E-state index contributed by atoms with van der Waals surface area (Å²) in [5, 5.41) is 2.96. The number of amides is 1. The molecule has 1 unspecified atom stereocenters. The third-order valence-corrected chi connectivity index (χ3v) is 5.00. The maximum absolute atomic E-state index is 12.8. The van der Waals surface area contributed by atoms with Gasteiger partial charge in [-0.05, 0) is 62.4 Å². The van der Waals surface area contributed by atoms with Gasteiger partial charge in [-0.3, -0.25) is 4.79 Å². The largest absolute Gasteiger partial charge is 0.495 e. The van der Waals surface area contributed by atoms with Gasteiger partial charge in [0.15, 0.2) is 0 Å².